The Labute approximate surface area is 178 Å². The van der Waals surface area contributed by atoms with Crippen molar-refractivity contribution in [3.63, 3.8) is 0 Å². The van der Waals surface area contributed by atoms with Crippen molar-refractivity contribution in [2.45, 2.75) is 6.92 Å². The third kappa shape index (κ3) is 4.49. The number of carbonyl (C=O) groups excluding carboxylic acids is 2. The molecule has 0 aliphatic rings. The molecule has 3 aromatic heterocycles. The number of nitrogens with one attached hydrogen (secondary N) is 2. The molecule has 3 rings (SSSR count). The lowest BCUT2D eigenvalue weighted by molar-refractivity contribution is -0.115. The van der Waals surface area contributed by atoms with Gasteiger partial charge in [0.25, 0.3) is 5.91 Å². The molecule has 3 heterocycles. The lowest BCUT2D eigenvalue weighted by atomic mass is 10.2. The first-order chi connectivity index (χ1) is 13.4. The van der Waals surface area contributed by atoms with Crippen molar-refractivity contribution in [1.29, 1.82) is 0 Å². The molecule has 2 N–H and O–H groups in total. The molecule has 0 saturated heterocycles. The van der Waals surface area contributed by atoms with E-state index >= 15 is 0 Å². The fraction of sp³-hybridized carbons (Fsp3) is 0.118. The van der Waals surface area contributed by atoms with E-state index in [2.05, 4.69) is 41.6 Å². The number of hydrogen-bond donors (Lipinski definition) is 2. The maximum absolute atomic E-state index is 12.6. The van der Waals surface area contributed by atoms with Gasteiger partial charge in [0.1, 0.15) is 10.3 Å². The Balaban J connectivity index is 1.72. The summed E-state index contributed by atoms with van der Waals surface area (Å²) in [5.74, 6) is -0.682. The number of aromatic nitrogens is 4. The van der Waals surface area contributed by atoms with E-state index < -0.39 is 11.8 Å². The van der Waals surface area contributed by atoms with Crippen molar-refractivity contribution in [3.8, 4) is 5.82 Å². The van der Waals surface area contributed by atoms with Crippen molar-refractivity contribution < 1.29 is 9.59 Å². The van der Waals surface area contributed by atoms with Crippen LogP contribution in [0.2, 0.25) is 10.2 Å². The van der Waals surface area contributed by atoms with Gasteiger partial charge in [-0.3, -0.25) is 9.59 Å². The lowest BCUT2D eigenvalue weighted by Crippen LogP contribution is -2.34. The fourth-order valence-electron chi connectivity index (χ4n) is 2.32. The van der Waals surface area contributed by atoms with Crippen LogP contribution in [0, 0.1) is 6.92 Å². The molecule has 0 saturated carbocycles. The number of halogens is 3. The third-order valence-corrected chi connectivity index (χ3v) is 4.61. The van der Waals surface area contributed by atoms with E-state index in [0.29, 0.717) is 21.1 Å². The molecule has 0 unspecified atom stereocenters. The van der Waals surface area contributed by atoms with E-state index in [1.807, 2.05) is 0 Å². The van der Waals surface area contributed by atoms with Gasteiger partial charge in [0.2, 0.25) is 5.91 Å². The molecule has 3 aromatic rings. The number of amides is 2. The minimum absolute atomic E-state index is 0.163. The summed E-state index contributed by atoms with van der Waals surface area (Å²) >= 11 is 15.4. The van der Waals surface area contributed by atoms with E-state index in [1.54, 1.807) is 25.1 Å². The second kappa shape index (κ2) is 8.68. The van der Waals surface area contributed by atoms with Crippen LogP contribution in [0.1, 0.15) is 16.1 Å². The van der Waals surface area contributed by atoms with Crippen LogP contribution >= 0.6 is 39.1 Å². The molecule has 0 aliphatic heterocycles. The number of rotatable bonds is 5. The molecule has 2 amide bonds. The first kappa shape index (κ1) is 20.2. The molecule has 11 heteroatoms. The Bertz CT molecular complexity index is 1040. The summed E-state index contributed by atoms with van der Waals surface area (Å²) in [5, 5.41) is 9.84. The summed E-state index contributed by atoms with van der Waals surface area (Å²) in [6, 6.07) is 6.52. The van der Waals surface area contributed by atoms with Crippen molar-refractivity contribution in [1.82, 2.24) is 25.1 Å². The van der Waals surface area contributed by atoms with Crippen molar-refractivity contribution in [2.75, 3.05) is 11.9 Å². The van der Waals surface area contributed by atoms with E-state index in [-0.39, 0.29) is 17.4 Å². The molecule has 0 aromatic carbocycles. The van der Waals surface area contributed by atoms with E-state index in [1.165, 1.54) is 23.1 Å². The summed E-state index contributed by atoms with van der Waals surface area (Å²) in [4.78, 5) is 32.8. The summed E-state index contributed by atoms with van der Waals surface area (Å²) < 4.78 is 1.71. The topological polar surface area (TPSA) is 102 Å². The predicted octanol–water partition coefficient (Wildman–Crippen LogP) is 3.41. The van der Waals surface area contributed by atoms with Gasteiger partial charge in [-0.25, -0.2) is 14.6 Å². The van der Waals surface area contributed by atoms with E-state index in [0.717, 1.165) is 5.56 Å². The van der Waals surface area contributed by atoms with Gasteiger partial charge < -0.3 is 10.6 Å². The highest BCUT2D eigenvalue weighted by Gasteiger charge is 2.19. The third-order valence-electron chi connectivity index (χ3n) is 3.64. The standard InChI is InChI=1S/C17H13BrCl2N6O2/c1-9-4-6-21-15(20)14(9)24-13(27)8-23-17(28)11-7-12(18)25-26(11)16-10(19)3-2-5-22-16/h2-7H,8H2,1H3,(H,23,28)(H,24,27). The Hall–Kier alpha value is -2.49. The molecular weight excluding hydrogens is 471 g/mol. The van der Waals surface area contributed by atoms with Crippen LogP contribution in [0.3, 0.4) is 0 Å². The highest BCUT2D eigenvalue weighted by molar-refractivity contribution is 9.10. The monoisotopic (exact) mass is 482 g/mol. The number of nitrogens with zero attached hydrogens (tertiary/aromatic N) is 4. The minimum Gasteiger partial charge on any atom is -0.342 e. The predicted molar refractivity (Wildman–Crippen MR) is 109 cm³/mol. The summed E-state index contributed by atoms with van der Waals surface area (Å²) in [6.45, 7) is 1.51. The van der Waals surface area contributed by atoms with Crippen LogP contribution in [0.15, 0.2) is 41.3 Å². The maximum atomic E-state index is 12.6. The Morgan fingerprint density at radius 3 is 2.71 bits per heavy atom. The normalized spacial score (nSPS) is 10.6. The summed E-state index contributed by atoms with van der Waals surface area (Å²) in [6.07, 6.45) is 3.07. The number of anilines is 1. The number of hydrogen-bond acceptors (Lipinski definition) is 5. The summed E-state index contributed by atoms with van der Waals surface area (Å²) in [5.41, 5.74) is 1.32. The average Bonchev–Trinajstić information content (AvgIpc) is 3.05. The quantitative estimate of drug-likeness (QED) is 0.541. The number of pyridine rings is 2. The smallest absolute Gasteiger partial charge is 0.270 e. The highest BCUT2D eigenvalue weighted by atomic mass is 79.9. The Morgan fingerprint density at radius 1 is 1.21 bits per heavy atom. The Kier molecular flexibility index (Phi) is 6.28. The van der Waals surface area contributed by atoms with E-state index in [9.17, 15) is 9.59 Å². The molecule has 0 bridgehead atoms. The molecule has 0 radical (unpaired) electrons. The minimum atomic E-state index is -0.524. The highest BCUT2D eigenvalue weighted by Crippen LogP contribution is 2.23. The molecule has 28 heavy (non-hydrogen) atoms. The van der Waals surface area contributed by atoms with Crippen LogP contribution < -0.4 is 10.6 Å². The van der Waals surface area contributed by atoms with Gasteiger partial charge in [-0.1, -0.05) is 23.2 Å². The SMILES string of the molecule is Cc1ccnc(Cl)c1NC(=O)CNC(=O)c1cc(Br)nn1-c1ncccc1Cl. The second-order valence-corrected chi connectivity index (χ2v) is 7.18. The average molecular weight is 484 g/mol. The number of carbonyl (C=O) groups is 2. The molecule has 0 fully saturated rings. The zero-order chi connectivity index (χ0) is 20.3. The lowest BCUT2D eigenvalue weighted by Gasteiger charge is -2.11. The maximum Gasteiger partial charge on any atom is 0.270 e. The molecule has 0 atom stereocenters. The molecule has 0 spiro atoms. The first-order valence-electron chi connectivity index (χ1n) is 7.92. The van der Waals surface area contributed by atoms with Crippen LogP contribution in [-0.4, -0.2) is 38.1 Å². The van der Waals surface area contributed by atoms with Gasteiger partial charge in [-0.15, -0.1) is 0 Å². The van der Waals surface area contributed by atoms with Crippen molar-refractivity contribution >= 4 is 56.6 Å². The Morgan fingerprint density at radius 2 is 2.00 bits per heavy atom. The summed E-state index contributed by atoms with van der Waals surface area (Å²) in [7, 11) is 0. The van der Waals surface area contributed by atoms with Crippen LogP contribution in [-0.2, 0) is 4.79 Å². The van der Waals surface area contributed by atoms with Gasteiger partial charge in [-0.05, 0) is 46.6 Å². The first-order valence-corrected chi connectivity index (χ1v) is 9.47. The second-order valence-electron chi connectivity index (χ2n) is 5.60. The fourth-order valence-corrected chi connectivity index (χ4v) is 3.15. The van der Waals surface area contributed by atoms with Crippen LogP contribution in [0.4, 0.5) is 5.69 Å². The molecule has 0 aliphatic carbocycles. The van der Waals surface area contributed by atoms with Gasteiger partial charge in [0.05, 0.1) is 17.3 Å². The molecule has 8 nitrogen and oxygen atoms in total. The van der Waals surface area contributed by atoms with Gasteiger partial charge in [0, 0.05) is 18.5 Å². The van der Waals surface area contributed by atoms with Gasteiger partial charge >= 0.3 is 0 Å². The largest absolute Gasteiger partial charge is 0.342 e. The zero-order valence-electron chi connectivity index (χ0n) is 14.4. The van der Waals surface area contributed by atoms with Gasteiger partial charge in [-0.2, -0.15) is 5.10 Å². The van der Waals surface area contributed by atoms with Crippen molar-refractivity contribution in [3.05, 3.63) is 62.7 Å². The molecule has 144 valence electrons. The number of aryl methyl sites for hydroxylation is 1. The van der Waals surface area contributed by atoms with Crippen molar-refractivity contribution in [2.24, 2.45) is 0 Å². The zero-order valence-corrected chi connectivity index (χ0v) is 17.5. The van der Waals surface area contributed by atoms with Crippen LogP contribution in [0.25, 0.3) is 5.82 Å². The molecular formula is C17H13BrCl2N6O2. The van der Waals surface area contributed by atoms with E-state index in [4.69, 9.17) is 23.2 Å². The van der Waals surface area contributed by atoms with Gasteiger partial charge in [0.15, 0.2) is 11.0 Å². The van der Waals surface area contributed by atoms with Crippen LogP contribution in [0.5, 0.6) is 0 Å².